The summed E-state index contributed by atoms with van der Waals surface area (Å²) in [5, 5.41) is 0.396. The number of nitrogens with zero attached hydrogens (tertiary/aromatic N) is 1. The lowest BCUT2D eigenvalue weighted by Gasteiger charge is -2.20. The molecule has 0 fully saturated rings. The summed E-state index contributed by atoms with van der Waals surface area (Å²) in [7, 11) is 0. The minimum atomic E-state index is -0.370. The zero-order valence-corrected chi connectivity index (χ0v) is 12.5. The van der Waals surface area contributed by atoms with E-state index < -0.39 is 0 Å². The van der Waals surface area contributed by atoms with Crippen LogP contribution in [0, 0.1) is 0 Å². The second-order valence-corrected chi connectivity index (χ2v) is 4.62. The fourth-order valence-electron chi connectivity index (χ4n) is 1.83. The first-order valence-electron chi connectivity index (χ1n) is 6.50. The van der Waals surface area contributed by atoms with Crippen molar-refractivity contribution in [3.63, 3.8) is 0 Å². The van der Waals surface area contributed by atoms with Crippen molar-refractivity contribution in [2.75, 3.05) is 25.4 Å². The van der Waals surface area contributed by atoms with E-state index in [4.69, 9.17) is 22.1 Å². The molecule has 0 aliphatic carbocycles. The fraction of sp³-hybridized carbons (Fsp3) is 0.500. The van der Waals surface area contributed by atoms with Crippen molar-refractivity contribution in [2.24, 2.45) is 0 Å². The van der Waals surface area contributed by atoms with Gasteiger partial charge in [-0.15, -0.1) is 0 Å². The number of nitrogens with two attached hydrogens (primary N) is 1. The molecule has 0 saturated carbocycles. The average molecular weight is 285 g/mol. The van der Waals surface area contributed by atoms with Crippen molar-refractivity contribution < 1.29 is 9.53 Å². The second-order valence-electron chi connectivity index (χ2n) is 4.21. The van der Waals surface area contributed by atoms with E-state index in [1.807, 2.05) is 0 Å². The third-order valence-corrected chi connectivity index (χ3v) is 3.33. The molecule has 0 bridgehead atoms. The van der Waals surface area contributed by atoms with Crippen LogP contribution in [0.1, 0.15) is 36.7 Å². The molecule has 0 spiro atoms. The zero-order chi connectivity index (χ0) is 14.4. The SMILES string of the molecule is CCOC(=O)c1cc(Cl)c(N)c(CN(CC)CC)c1. The summed E-state index contributed by atoms with van der Waals surface area (Å²) in [4.78, 5) is 14.0. The van der Waals surface area contributed by atoms with Gasteiger partial charge in [-0.25, -0.2) is 4.79 Å². The molecule has 5 heteroatoms. The molecule has 1 aromatic rings. The second kappa shape index (κ2) is 7.36. The normalized spacial score (nSPS) is 10.8. The molecule has 0 radical (unpaired) electrons. The molecule has 0 aliphatic heterocycles. The van der Waals surface area contributed by atoms with Gasteiger partial charge in [-0.3, -0.25) is 4.90 Å². The van der Waals surface area contributed by atoms with E-state index in [0.29, 0.717) is 29.4 Å². The summed E-state index contributed by atoms with van der Waals surface area (Å²) in [5.41, 5.74) is 7.81. The molecule has 0 atom stereocenters. The van der Waals surface area contributed by atoms with Crippen LogP contribution in [-0.4, -0.2) is 30.6 Å². The first kappa shape index (κ1) is 15.8. The summed E-state index contributed by atoms with van der Waals surface area (Å²) >= 11 is 6.08. The Labute approximate surface area is 119 Å². The van der Waals surface area contributed by atoms with Crippen LogP contribution < -0.4 is 5.73 Å². The maximum absolute atomic E-state index is 11.8. The van der Waals surface area contributed by atoms with Crippen molar-refractivity contribution in [1.82, 2.24) is 4.90 Å². The third-order valence-electron chi connectivity index (χ3n) is 3.01. The number of carbonyl (C=O) groups excluding carboxylic acids is 1. The highest BCUT2D eigenvalue weighted by molar-refractivity contribution is 6.33. The van der Waals surface area contributed by atoms with Crippen LogP contribution in [0.4, 0.5) is 5.69 Å². The summed E-state index contributed by atoms with van der Waals surface area (Å²) in [6.07, 6.45) is 0. The van der Waals surface area contributed by atoms with Crippen molar-refractivity contribution in [3.8, 4) is 0 Å². The van der Waals surface area contributed by atoms with E-state index in [2.05, 4.69) is 18.7 Å². The Morgan fingerprint density at radius 1 is 1.32 bits per heavy atom. The Hall–Kier alpha value is -1.26. The summed E-state index contributed by atoms with van der Waals surface area (Å²) < 4.78 is 4.98. The molecule has 106 valence electrons. The highest BCUT2D eigenvalue weighted by Crippen LogP contribution is 2.26. The molecule has 0 aromatic heterocycles. The molecular formula is C14H21ClN2O2. The van der Waals surface area contributed by atoms with Gasteiger partial charge in [0, 0.05) is 6.54 Å². The lowest BCUT2D eigenvalue weighted by atomic mass is 10.1. The van der Waals surface area contributed by atoms with E-state index in [-0.39, 0.29) is 5.97 Å². The quantitative estimate of drug-likeness (QED) is 0.644. The molecular weight excluding hydrogens is 264 g/mol. The Bertz CT molecular complexity index is 445. The smallest absolute Gasteiger partial charge is 0.338 e. The van der Waals surface area contributed by atoms with Gasteiger partial charge < -0.3 is 10.5 Å². The highest BCUT2D eigenvalue weighted by Gasteiger charge is 2.14. The van der Waals surface area contributed by atoms with Gasteiger partial charge in [0.05, 0.1) is 22.9 Å². The molecule has 19 heavy (non-hydrogen) atoms. The number of carbonyl (C=O) groups is 1. The number of ether oxygens (including phenoxy) is 1. The number of nitrogen functional groups attached to an aromatic ring is 1. The minimum Gasteiger partial charge on any atom is -0.462 e. The van der Waals surface area contributed by atoms with E-state index >= 15 is 0 Å². The van der Waals surface area contributed by atoms with E-state index in [9.17, 15) is 4.79 Å². The first-order chi connectivity index (χ1) is 9.03. The molecule has 0 unspecified atom stereocenters. The van der Waals surface area contributed by atoms with Crippen molar-refractivity contribution in [1.29, 1.82) is 0 Å². The summed E-state index contributed by atoms with van der Waals surface area (Å²) in [5.74, 6) is -0.370. The van der Waals surface area contributed by atoms with E-state index in [0.717, 1.165) is 18.7 Å². The van der Waals surface area contributed by atoms with Gasteiger partial charge in [-0.1, -0.05) is 25.4 Å². The molecule has 0 aliphatic rings. The van der Waals surface area contributed by atoms with Gasteiger partial charge in [0.1, 0.15) is 0 Å². The van der Waals surface area contributed by atoms with Gasteiger partial charge >= 0.3 is 5.97 Å². The summed E-state index contributed by atoms with van der Waals surface area (Å²) in [6, 6.07) is 3.32. The number of esters is 1. The standard InChI is InChI=1S/C14H21ClN2O2/c1-4-17(5-2)9-11-7-10(14(18)19-6-3)8-12(15)13(11)16/h7-8H,4-6,9,16H2,1-3H3. The largest absolute Gasteiger partial charge is 0.462 e. The Balaban J connectivity index is 3.06. The zero-order valence-electron chi connectivity index (χ0n) is 11.7. The molecule has 1 rings (SSSR count). The number of anilines is 1. The Kier molecular flexibility index (Phi) is 6.12. The average Bonchev–Trinajstić information content (AvgIpc) is 2.40. The first-order valence-corrected chi connectivity index (χ1v) is 6.88. The molecule has 1 aromatic carbocycles. The van der Waals surface area contributed by atoms with Crippen LogP contribution in [0.3, 0.4) is 0 Å². The monoisotopic (exact) mass is 284 g/mol. The van der Waals surface area contributed by atoms with Crippen LogP contribution in [-0.2, 0) is 11.3 Å². The maximum Gasteiger partial charge on any atom is 0.338 e. The third kappa shape index (κ3) is 4.11. The molecule has 4 nitrogen and oxygen atoms in total. The highest BCUT2D eigenvalue weighted by atomic mass is 35.5. The van der Waals surface area contributed by atoms with E-state index in [1.165, 1.54) is 0 Å². The number of hydrogen-bond acceptors (Lipinski definition) is 4. The van der Waals surface area contributed by atoms with Crippen molar-refractivity contribution >= 4 is 23.3 Å². The lowest BCUT2D eigenvalue weighted by Crippen LogP contribution is -2.23. The van der Waals surface area contributed by atoms with Gasteiger partial charge in [-0.05, 0) is 37.7 Å². The predicted octanol–water partition coefficient (Wildman–Crippen LogP) is 2.94. The maximum atomic E-state index is 11.8. The summed E-state index contributed by atoms with van der Waals surface area (Å²) in [6.45, 7) is 8.77. The molecule has 0 saturated heterocycles. The van der Waals surface area contributed by atoms with Crippen LogP contribution in [0.5, 0.6) is 0 Å². The van der Waals surface area contributed by atoms with Crippen LogP contribution in [0.25, 0.3) is 0 Å². The van der Waals surface area contributed by atoms with E-state index in [1.54, 1.807) is 19.1 Å². The number of rotatable bonds is 6. The predicted molar refractivity (Wildman–Crippen MR) is 78.4 cm³/mol. The van der Waals surface area contributed by atoms with Gasteiger partial charge in [-0.2, -0.15) is 0 Å². The number of benzene rings is 1. The van der Waals surface area contributed by atoms with Crippen LogP contribution in [0.15, 0.2) is 12.1 Å². The minimum absolute atomic E-state index is 0.339. The number of halogens is 1. The lowest BCUT2D eigenvalue weighted by molar-refractivity contribution is 0.0526. The topological polar surface area (TPSA) is 55.6 Å². The molecule has 2 N–H and O–H groups in total. The number of hydrogen-bond donors (Lipinski definition) is 1. The molecule has 0 heterocycles. The van der Waals surface area contributed by atoms with Gasteiger partial charge in [0.2, 0.25) is 0 Å². The van der Waals surface area contributed by atoms with Crippen LogP contribution >= 0.6 is 11.6 Å². The van der Waals surface area contributed by atoms with Crippen LogP contribution in [0.2, 0.25) is 5.02 Å². The Morgan fingerprint density at radius 3 is 2.47 bits per heavy atom. The van der Waals surface area contributed by atoms with Crippen molar-refractivity contribution in [2.45, 2.75) is 27.3 Å². The van der Waals surface area contributed by atoms with Gasteiger partial charge in [0.15, 0.2) is 0 Å². The fourth-order valence-corrected chi connectivity index (χ4v) is 2.06. The molecule has 0 amide bonds. The van der Waals surface area contributed by atoms with Gasteiger partial charge in [0.25, 0.3) is 0 Å². The Morgan fingerprint density at radius 2 is 1.95 bits per heavy atom. The van der Waals surface area contributed by atoms with Crippen molar-refractivity contribution in [3.05, 3.63) is 28.3 Å².